The van der Waals surface area contributed by atoms with Crippen molar-refractivity contribution in [3.8, 4) is 0 Å². The molecule has 0 spiro atoms. The number of carbonyl (C=O) groups excluding carboxylic acids is 1. The molecule has 0 bridgehead atoms. The minimum absolute atomic E-state index is 0.267. The molecule has 0 unspecified atom stereocenters. The molecule has 5 nitrogen and oxygen atoms in total. The van der Waals surface area contributed by atoms with Crippen molar-refractivity contribution in [3.63, 3.8) is 0 Å². The van der Waals surface area contributed by atoms with Crippen molar-refractivity contribution in [2.24, 2.45) is 0 Å². The first-order valence-corrected chi connectivity index (χ1v) is 5.29. The molecular formula is C11H18N2O3. The summed E-state index contributed by atoms with van der Waals surface area (Å²) < 4.78 is 10.0. The van der Waals surface area contributed by atoms with Crippen molar-refractivity contribution in [2.45, 2.75) is 32.8 Å². The Morgan fingerprint density at radius 2 is 2.19 bits per heavy atom. The van der Waals surface area contributed by atoms with Gasteiger partial charge < -0.3 is 9.47 Å². The summed E-state index contributed by atoms with van der Waals surface area (Å²) in [6.45, 7) is 6.21. The Morgan fingerprint density at radius 3 is 2.69 bits per heavy atom. The molecule has 90 valence electrons. The average Bonchev–Trinajstić information content (AvgIpc) is 2.66. The van der Waals surface area contributed by atoms with E-state index >= 15 is 0 Å². The Labute approximate surface area is 95.1 Å². The lowest BCUT2D eigenvalue weighted by atomic mass is 10.1. The number of hydrogen-bond donors (Lipinski definition) is 1. The van der Waals surface area contributed by atoms with Crippen LogP contribution in [0.5, 0.6) is 0 Å². The fraction of sp³-hybridized carbons (Fsp3) is 0.636. The van der Waals surface area contributed by atoms with Crippen molar-refractivity contribution >= 4 is 5.97 Å². The van der Waals surface area contributed by atoms with E-state index in [9.17, 15) is 4.79 Å². The van der Waals surface area contributed by atoms with Gasteiger partial charge in [-0.3, -0.25) is 5.10 Å². The van der Waals surface area contributed by atoms with Crippen LogP contribution in [0.25, 0.3) is 0 Å². The Bertz CT molecular complexity index is 347. The van der Waals surface area contributed by atoms with E-state index in [2.05, 4.69) is 10.2 Å². The SMILES string of the molecule is COC[C@H](C)OC(=O)c1cc(C(C)C)[nH]n1. The topological polar surface area (TPSA) is 64.2 Å². The molecule has 16 heavy (non-hydrogen) atoms. The van der Waals surface area contributed by atoms with E-state index < -0.39 is 5.97 Å². The maximum absolute atomic E-state index is 11.6. The molecular weight excluding hydrogens is 208 g/mol. The van der Waals surface area contributed by atoms with Crippen LogP contribution in [0.1, 0.15) is 42.9 Å². The Balaban J connectivity index is 2.59. The number of hydrogen-bond acceptors (Lipinski definition) is 4. The number of ether oxygens (including phenoxy) is 2. The zero-order valence-electron chi connectivity index (χ0n) is 10.1. The number of nitrogens with zero attached hydrogens (tertiary/aromatic N) is 1. The van der Waals surface area contributed by atoms with Gasteiger partial charge in [0.05, 0.1) is 6.61 Å². The number of methoxy groups -OCH3 is 1. The zero-order valence-corrected chi connectivity index (χ0v) is 10.1. The molecule has 5 heteroatoms. The van der Waals surface area contributed by atoms with Gasteiger partial charge in [0.2, 0.25) is 0 Å². The van der Waals surface area contributed by atoms with Crippen molar-refractivity contribution in [1.82, 2.24) is 10.2 Å². The zero-order chi connectivity index (χ0) is 12.1. The number of nitrogens with one attached hydrogen (secondary N) is 1. The highest BCUT2D eigenvalue weighted by Gasteiger charge is 2.16. The summed E-state index contributed by atoms with van der Waals surface area (Å²) in [6.07, 6.45) is -0.267. The Morgan fingerprint density at radius 1 is 1.50 bits per heavy atom. The van der Waals surface area contributed by atoms with Gasteiger partial charge in [-0.1, -0.05) is 13.8 Å². The van der Waals surface area contributed by atoms with Gasteiger partial charge in [0.1, 0.15) is 6.10 Å². The fourth-order valence-corrected chi connectivity index (χ4v) is 1.25. The number of rotatable bonds is 5. The summed E-state index contributed by atoms with van der Waals surface area (Å²) >= 11 is 0. The van der Waals surface area contributed by atoms with E-state index in [0.29, 0.717) is 18.2 Å². The van der Waals surface area contributed by atoms with E-state index in [1.54, 1.807) is 20.1 Å². The minimum Gasteiger partial charge on any atom is -0.455 e. The molecule has 0 aliphatic carbocycles. The van der Waals surface area contributed by atoms with E-state index in [1.165, 1.54) is 0 Å². The number of aromatic amines is 1. The monoisotopic (exact) mass is 226 g/mol. The summed E-state index contributed by atoms with van der Waals surface area (Å²) in [4.78, 5) is 11.6. The summed E-state index contributed by atoms with van der Waals surface area (Å²) in [7, 11) is 1.57. The second-order valence-corrected chi connectivity index (χ2v) is 4.03. The number of aromatic nitrogens is 2. The molecule has 0 amide bonds. The first-order chi connectivity index (χ1) is 7.54. The van der Waals surface area contributed by atoms with E-state index in [1.807, 2.05) is 13.8 Å². The van der Waals surface area contributed by atoms with Crippen LogP contribution in [0.2, 0.25) is 0 Å². The predicted molar refractivity (Wildman–Crippen MR) is 59.4 cm³/mol. The van der Waals surface area contributed by atoms with Gasteiger partial charge in [-0.25, -0.2) is 4.79 Å². The van der Waals surface area contributed by atoms with Crippen molar-refractivity contribution in [1.29, 1.82) is 0 Å². The summed E-state index contributed by atoms with van der Waals surface area (Å²) in [5, 5.41) is 6.72. The molecule has 0 aromatic carbocycles. The highest BCUT2D eigenvalue weighted by Crippen LogP contribution is 2.12. The molecule has 1 heterocycles. The first-order valence-electron chi connectivity index (χ1n) is 5.29. The molecule has 0 saturated heterocycles. The molecule has 0 saturated carbocycles. The maximum Gasteiger partial charge on any atom is 0.359 e. The van der Waals surface area contributed by atoms with Crippen LogP contribution in [-0.2, 0) is 9.47 Å². The lowest BCUT2D eigenvalue weighted by Gasteiger charge is -2.10. The molecule has 0 aliphatic heterocycles. The lowest BCUT2D eigenvalue weighted by Crippen LogP contribution is -2.19. The maximum atomic E-state index is 11.6. The average molecular weight is 226 g/mol. The molecule has 0 radical (unpaired) electrons. The number of carbonyl (C=O) groups is 1. The van der Waals surface area contributed by atoms with Crippen LogP contribution in [0, 0.1) is 0 Å². The van der Waals surface area contributed by atoms with Gasteiger partial charge in [-0.05, 0) is 18.9 Å². The predicted octanol–water partition coefficient (Wildman–Crippen LogP) is 1.72. The van der Waals surface area contributed by atoms with Gasteiger partial charge in [0, 0.05) is 12.8 Å². The van der Waals surface area contributed by atoms with Crippen LogP contribution in [0.4, 0.5) is 0 Å². The van der Waals surface area contributed by atoms with Crippen LogP contribution in [0.15, 0.2) is 6.07 Å². The van der Waals surface area contributed by atoms with Gasteiger partial charge in [-0.15, -0.1) is 0 Å². The standard InChI is InChI=1S/C11H18N2O3/c1-7(2)9-5-10(13-12-9)11(14)16-8(3)6-15-4/h5,7-8H,6H2,1-4H3,(H,12,13)/t8-/m0/s1. The van der Waals surface area contributed by atoms with Gasteiger partial charge >= 0.3 is 5.97 Å². The van der Waals surface area contributed by atoms with Gasteiger partial charge in [0.15, 0.2) is 5.69 Å². The second kappa shape index (κ2) is 5.65. The van der Waals surface area contributed by atoms with E-state index in [-0.39, 0.29) is 6.10 Å². The molecule has 0 aliphatic rings. The third-order valence-electron chi connectivity index (χ3n) is 2.14. The smallest absolute Gasteiger partial charge is 0.359 e. The van der Waals surface area contributed by atoms with Crippen molar-refractivity contribution in [3.05, 3.63) is 17.5 Å². The molecule has 1 rings (SSSR count). The van der Waals surface area contributed by atoms with Gasteiger partial charge in [-0.2, -0.15) is 5.10 Å². The summed E-state index contributed by atoms with van der Waals surface area (Å²) in [6, 6.07) is 1.71. The van der Waals surface area contributed by atoms with Crippen LogP contribution >= 0.6 is 0 Å². The normalized spacial score (nSPS) is 12.8. The second-order valence-electron chi connectivity index (χ2n) is 4.03. The quantitative estimate of drug-likeness (QED) is 0.776. The molecule has 1 aromatic rings. The largest absolute Gasteiger partial charge is 0.455 e. The lowest BCUT2D eigenvalue weighted by molar-refractivity contribution is 0.0114. The van der Waals surface area contributed by atoms with Crippen LogP contribution < -0.4 is 0 Å². The molecule has 1 N–H and O–H groups in total. The number of H-pyrrole nitrogens is 1. The van der Waals surface area contributed by atoms with Crippen LogP contribution in [0.3, 0.4) is 0 Å². The number of esters is 1. The third kappa shape index (κ3) is 3.34. The minimum atomic E-state index is -0.423. The van der Waals surface area contributed by atoms with Gasteiger partial charge in [0.25, 0.3) is 0 Å². The Hall–Kier alpha value is -1.36. The summed E-state index contributed by atoms with van der Waals surface area (Å²) in [5.74, 6) is -0.113. The van der Waals surface area contributed by atoms with Crippen LogP contribution in [-0.4, -0.2) is 36.0 Å². The van der Waals surface area contributed by atoms with Crippen molar-refractivity contribution in [2.75, 3.05) is 13.7 Å². The molecule has 0 fully saturated rings. The molecule has 1 aromatic heterocycles. The van der Waals surface area contributed by atoms with E-state index in [4.69, 9.17) is 9.47 Å². The summed E-state index contributed by atoms with van der Waals surface area (Å²) in [5.41, 5.74) is 1.23. The highest BCUT2D eigenvalue weighted by molar-refractivity contribution is 5.87. The third-order valence-corrected chi connectivity index (χ3v) is 2.14. The van der Waals surface area contributed by atoms with Crippen molar-refractivity contribution < 1.29 is 14.3 Å². The fourth-order valence-electron chi connectivity index (χ4n) is 1.25. The first kappa shape index (κ1) is 12.7. The Kier molecular flexibility index (Phi) is 4.49. The highest BCUT2D eigenvalue weighted by atomic mass is 16.6. The molecule has 1 atom stereocenters. The van der Waals surface area contributed by atoms with E-state index in [0.717, 1.165) is 5.69 Å².